The molecule has 1 aromatic rings. The summed E-state index contributed by atoms with van der Waals surface area (Å²) in [6.45, 7) is 8.81. The maximum Gasteiger partial charge on any atom is 0.133 e. The van der Waals surface area contributed by atoms with Crippen LogP contribution in [0.25, 0.3) is 0 Å². The quantitative estimate of drug-likeness (QED) is 0.888. The van der Waals surface area contributed by atoms with Crippen LogP contribution in [-0.4, -0.2) is 29.2 Å². The third-order valence-electron chi connectivity index (χ3n) is 3.30. The van der Waals surface area contributed by atoms with Crippen molar-refractivity contribution < 1.29 is 4.74 Å². The van der Waals surface area contributed by atoms with E-state index in [-0.39, 0.29) is 0 Å². The average molecular weight is 249 g/mol. The third kappa shape index (κ3) is 3.50. The molecule has 2 rings (SSSR count). The summed E-state index contributed by atoms with van der Waals surface area (Å²) in [6, 6.07) is 0.473. The highest BCUT2D eigenvalue weighted by Gasteiger charge is 2.19. The van der Waals surface area contributed by atoms with E-state index in [4.69, 9.17) is 9.72 Å². The van der Waals surface area contributed by atoms with Crippen molar-refractivity contribution in [1.82, 2.24) is 15.3 Å². The van der Waals surface area contributed by atoms with Gasteiger partial charge in [-0.15, -0.1) is 0 Å². The van der Waals surface area contributed by atoms with Crippen LogP contribution in [-0.2, 0) is 11.3 Å². The molecule has 1 aliphatic heterocycles. The van der Waals surface area contributed by atoms with Crippen molar-refractivity contribution >= 4 is 0 Å². The second kappa shape index (κ2) is 6.25. The van der Waals surface area contributed by atoms with Crippen molar-refractivity contribution in [3.8, 4) is 0 Å². The number of hydrogen-bond acceptors (Lipinski definition) is 4. The van der Waals surface area contributed by atoms with Crippen LogP contribution in [0.3, 0.4) is 0 Å². The van der Waals surface area contributed by atoms with Crippen molar-refractivity contribution in [2.45, 2.75) is 52.1 Å². The van der Waals surface area contributed by atoms with E-state index >= 15 is 0 Å². The van der Waals surface area contributed by atoms with E-state index in [9.17, 15) is 0 Å². The lowest BCUT2D eigenvalue weighted by molar-refractivity contribution is 0.0779. The minimum Gasteiger partial charge on any atom is -0.381 e. The maximum atomic E-state index is 5.51. The summed E-state index contributed by atoms with van der Waals surface area (Å²) < 4.78 is 5.51. The summed E-state index contributed by atoms with van der Waals surface area (Å²) >= 11 is 0. The van der Waals surface area contributed by atoms with Crippen LogP contribution in [0.5, 0.6) is 0 Å². The van der Waals surface area contributed by atoms with E-state index < -0.39 is 0 Å². The van der Waals surface area contributed by atoms with Gasteiger partial charge >= 0.3 is 0 Å². The Kier molecular flexibility index (Phi) is 4.66. The van der Waals surface area contributed by atoms with Gasteiger partial charge in [0.25, 0.3) is 0 Å². The molecule has 1 N–H and O–H groups in total. The molecule has 1 aromatic heterocycles. The smallest absolute Gasteiger partial charge is 0.133 e. The van der Waals surface area contributed by atoms with Gasteiger partial charge in [0.2, 0.25) is 0 Å². The molecule has 1 unspecified atom stereocenters. The highest BCUT2D eigenvalue weighted by Crippen LogP contribution is 2.22. The first kappa shape index (κ1) is 13.4. The van der Waals surface area contributed by atoms with E-state index in [1.807, 2.05) is 6.20 Å². The lowest BCUT2D eigenvalue weighted by Gasteiger charge is -2.21. The molecule has 1 saturated heterocycles. The van der Waals surface area contributed by atoms with Crippen LogP contribution in [0.2, 0.25) is 0 Å². The Morgan fingerprint density at radius 3 is 3.00 bits per heavy atom. The minimum atomic E-state index is 0.372. The second-order valence-corrected chi connectivity index (χ2v) is 5.31. The molecule has 1 aliphatic rings. The molecule has 0 saturated carbocycles. The number of nitrogens with zero attached hydrogens (tertiary/aromatic N) is 2. The van der Waals surface area contributed by atoms with Gasteiger partial charge in [0.05, 0.1) is 12.3 Å². The van der Waals surface area contributed by atoms with Crippen molar-refractivity contribution in [1.29, 1.82) is 0 Å². The first-order chi connectivity index (χ1) is 8.66. The molecule has 18 heavy (non-hydrogen) atoms. The van der Waals surface area contributed by atoms with E-state index in [2.05, 4.69) is 31.1 Å². The molecule has 1 fully saturated rings. The molecule has 0 aromatic carbocycles. The van der Waals surface area contributed by atoms with E-state index in [1.165, 1.54) is 0 Å². The molecular formula is C14H23N3O. The second-order valence-electron chi connectivity index (χ2n) is 5.31. The topological polar surface area (TPSA) is 47.0 Å². The zero-order valence-electron chi connectivity index (χ0n) is 11.6. The normalized spacial score (nSPS) is 20.3. The predicted molar refractivity (Wildman–Crippen MR) is 71.5 cm³/mol. The largest absolute Gasteiger partial charge is 0.381 e. The Labute approximate surface area is 109 Å². The summed E-state index contributed by atoms with van der Waals surface area (Å²) in [4.78, 5) is 9.19. The Balaban J connectivity index is 2.09. The third-order valence-corrected chi connectivity index (χ3v) is 3.30. The van der Waals surface area contributed by atoms with Crippen LogP contribution in [0, 0.1) is 6.92 Å². The molecule has 1 atom stereocenters. The minimum absolute atomic E-state index is 0.372. The maximum absolute atomic E-state index is 5.51. The van der Waals surface area contributed by atoms with Gasteiger partial charge in [0, 0.05) is 31.3 Å². The number of aryl methyl sites for hydroxylation is 1. The van der Waals surface area contributed by atoms with Gasteiger partial charge in [-0.05, 0) is 25.3 Å². The predicted octanol–water partition coefficient (Wildman–Crippen LogP) is 2.18. The fraction of sp³-hybridized carbons (Fsp3) is 0.714. The Bertz CT molecular complexity index is 387. The number of hydrogen-bond donors (Lipinski definition) is 1. The summed E-state index contributed by atoms with van der Waals surface area (Å²) in [6.07, 6.45) is 4.19. The molecule has 100 valence electrons. The summed E-state index contributed by atoms with van der Waals surface area (Å²) in [5, 5.41) is 3.41. The molecule has 0 radical (unpaired) electrons. The molecular weight excluding hydrogens is 226 g/mol. The fourth-order valence-electron chi connectivity index (χ4n) is 2.11. The van der Waals surface area contributed by atoms with Gasteiger partial charge in [-0.2, -0.15) is 0 Å². The first-order valence-corrected chi connectivity index (χ1v) is 6.80. The number of rotatable bonds is 4. The molecule has 2 heterocycles. The van der Waals surface area contributed by atoms with Gasteiger partial charge in [0.15, 0.2) is 0 Å². The number of nitrogens with one attached hydrogen (secondary N) is 1. The summed E-state index contributed by atoms with van der Waals surface area (Å²) in [5.74, 6) is 1.32. The van der Waals surface area contributed by atoms with Crippen molar-refractivity contribution in [3.63, 3.8) is 0 Å². The van der Waals surface area contributed by atoms with Crippen LogP contribution in [0.15, 0.2) is 6.20 Å². The van der Waals surface area contributed by atoms with Crippen LogP contribution < -0.4 is 5.32 Å². The number of aromatic nitrogens is 2. The summed E-state index contributed by atoms with van der Waals surface area (Å²) in [5.41, 5.74) is 2.27. The average Bonchev–Trinajstić information content (AvgIpc) is 2.38. The molecule has 0 aliphatic carbocycles. The van der Waals surface area contributed by atoms with Crippen LogP contribution in [0.4, 0.5) is 0 Å². The molecule has 4 heteroatoms. The standard InChI is InChI=1S/C14H23N3O/c1-10(2)15-8-13-11(3)7-16-14(17-13)12-5-4-6-18-9-12/h7,10,12,15H,4-6,8-9H2,1-3H3. The van der Waals surface area contributed by atoms with E-state index in [0.717, 1.165) is 49.7 Å². The van der Waals surface area contributed by atoms with Crippen molar-refractivity contribution in [2.24, 2.45) is 0 Å². The van der Waals surface area contributed by atoms with Crippen LogP contribution >= 0.6 is 0 Å². The Morgan fingerprint density at radius 2 is 2.33 bits per heavy atom. The van der Waals surface area contributed by atoms with E-state index in [0.29, 0.717) is 12.0 Å². The molecule has 0 spiro atoms. The lowest BCUT2D eigenvalue weighted by Crippen LogP contribution is -2.24. The zero-order valence-corrected chi connectivity index (χ0v) is 11.6. The van der Waals surface area contributed by atoms with Gasteiger partial charge < -0.3 is 10.1 Å². The van der Waals surface area contributed by atoms with Crippen molar-refractivity contribution in [2.75, 3.05) is 13.2 Å². The molecule has 0 amide bonds. The zero-order chi connectivity index (χ0) is 13.0. The lowest BCUT2D eigenvalue weighted by atomic mass is 10.0. The fourth-order valence-corrected chi connectivity index (χ4v) is 2.11. The monoisotopic (exact) mass is 249 g/mol. The highest BCUT2D eigenvalue weighted by atomic mass is 16.5. The molecule has 4 nitrogen and oxygen atoms in total. The van der Waals surface area contributed by atoms with Crippen LogP contribution in [0.1, 0.15) is 49.7 Å². The molecule has 0 bridgehead atoms. The van der Waals surface area contributed by atoms with Gasteiger partial charge in [0.1, 0.15) is 5.82 Å². The van der Waals surface area contributed by atoms with Gasteiger partial charge in [-0.25, -0.2) is 9.97 Å². The SMILES string of the molecule is Cc1cnc(C2CCCOC2)nc1CNC(C)C. The first-order valence-electron chi connectivity index (χ1n) is 6.80. The highest BCUT2D eigenvalue weighted by molar-refractivity contribution is 5.17. The van der Waals surface area contributed by atoms with Crippen molar-refractivity contribution in [3.05, 3.63) is 23.3 Å². The Hall–Kier alpha value is -1.00. The van der Waals surface area contributed by atoms with Gasteiger partial charge in [-0.1, -0.05) is 13.8 Å². The van der Waals surface area contributed by atoms with E-state index in [1.54, 1.807) is 0 Å². The number of ether oxygens (including phenoxy) is 1. The Morgan fingerprint density at radius 1 is 1.50 bits per heavy atom. The van der Waals surface area contributed by atoms with Gasteiger partial charge in [-0.3, -0.25) is 0 Å². The summed E-state index contributed by atoms with van der Waals surface area (Å²) in [7, 11) is 0.